The minimum Gasteiger partial charge on any atom is -0.374 e. The van der Waals surface area contributed by atoms with Gasteiger partial charge in [-0.05, 0) is 12.1 Å². The topological polar surface area (TPSA) is 37.4 Å². The molecule has 0 heterocycles. The van der Waals surface area contributed by atoms with Crippen molar-refractivity contribution in [2.45, 2.75) is 0 Å². The third-order valence-corrected chi connectivity index (χ3v) is 2.92. The first-order valence-electron chi connectivity index (χ1n) is 4.43. The predicted octanol–water partition coefficient (Wildman–Crippen LogP) is 1.17. The molecule has 0 atom stereocenters. The second-order valence-corrected chi connectivity index (χ2v) is 5.65. The van der Waals surface area contributed by atoms with Crippen molar-refractivity contribution in [1.29, 1.82) is 0 Å². The van der Waals surface area contributed by atoms with Crippen LogP contribution in [-0.2, 0) is 9.84 Å². The molecule has 0 bridgehead atoms. The van der Waals surface area contributed by atoms with Gasteiger partial charge in [-0.25, -0.2) is 8.42 Å². The fraction of sp³-hybridized carbons (Fsp3) is 0.400. The quantitative estimate of drug-likeness (QED) is 0.753. The first-order chi connectivity index (χ1) is 6.49. The Morgan fingerprint density at radius 3 is 2.29 bits per heavy atom. The summed E-state index contributed by atoms with van der Waals surface area (Å²) in [5.74, 6) is 0.193. The minimum atomic E-state index is -2.87. The molecule has 3 nitrogen and oxygen atoms in total. The second-order valence-electron chi connectivity index (χ2n) is 3.39. The lowest BCUT2D eigenvalue weighted by molar-refractivity contribution is 0.601. The summed E-state index contributed by atoms with van der Waals surface area (Å²) < 4.78 is 21.9. The number of hydrogen-bond donors (Lipinski definition) is 0. The van der Waals surface area contributed by atoms with E-state index in [0.717, 1.165) is 5.69 Å². The summed E-state index contributed by atoms with van der Waals surface area (Å²) >= 11 is 0. The van der Waals surface area contributed by atoms with Gasteiger partial charge in [-0.3, -0.25) is 0 Å². The van der Waals surface area contributed by atoms with Crippen molar-refractivity contribution < 1.29 is 8.42 Å². The average molecular weight is 213 g/mol. The van der Waals surface area contributed by atoms with Gasteiger partial charge in [-0.15, -0.1) is 0 Å². The molecule has 0 aliphatic heterocycles. The maximum atomic E-state index is 10.9. The van der Waals surface area contributed by atoms with E-state index in [1.165, 1.54) is 6.26 Å². The third-order valence-electron chi connectivity index (χ3n) is 1.99. The Labute approximate surface area is 85.3 Å². The number of rotatable bonds is 4. The van der Waals surface area contributed by atoms with Gasteiger partial charge in [-0.2, -0.15) is 0 Å². The Hall–Kier alpha value is -1.03. The zero-order valence-corrected chi connectivity index (χ0v) is 9.29. The van der Waals surface area contributed by atoms with Crippen molar-refractivity contribution in [3.05, 3.63) is 30.3 Å². The van der Waals surface area contributed by atoms with Crippen LogP contribution >= 0.6 is 0 Å². The van der Waals surface area contributed by atoms with Crippen LogP contribution in [0.3, 0.4) is 0 Å². The largest absolute Gasteiger partial charge is 0.374 e. The number of benzene rings is 1. The van der Waals surface area contributed by atoms with Crippen LogP contribution in [-0.4, -0.2) is 34.0 Å². The summed E-state index contributed by atoms with van der Waals surface area (Å²) in [5, 5.41) is 0. The summed E-state index contributed by atoms with van der Waals surface area (Å²) in [6.45, 7) is 0.531. The maximum Gasteiger partial charge on any atom is 0.149 e. The van der Waals surface area contributed by atoms with Crippen molar-refractivity contribution in [2.75, 3.05) is 30.5 Å². The highest BCUT2D eigenvalue weighted by molar-refractivity contribution is 7.90. The number of para-hydroxylation sites is 1. The van der Waals surface area contributed by atoms with Crippen LogP contribution in [0.25, 0.3) is 0 Å². The molecule has 1 aromatic carbocycles. The van der Waals surface area contributed by atoms with Gasteiger partial charge < -0.3 is 4.90 Å². The molecule has 0 spiro atoms. The standard InChI is InChI=1S/C10H15NO2S/c1-11(8-9-14(2,12)13)10-6-4-3-5-7-10/h3-7H,8-9H2,1-2H3. The van der Waals surface area contributed by atoms with Gasteiger partial charge in [0.15, 0.2) is 0 Å². The SMILES string of the molecule is CN(CCS(C)(=O)=O)c1ccccc1. The zero-order valence-electron chi connectivity index (χ0n) is 8.47. The van der Waals surface area contributed by atoms with Gasteiger partial charge in [0.05, 0.1) is 5.75 Å². The predicted molar refractivity (Wildman–Crippen MR) is 59.4 cm³/mol. The van der Waals surface area contributed by atoms with Crippen molar-refractivity contribution in [1.82, 2.24) is 0 Å². The summed E-state index contributed by atoms with van der Waals surface area (Å²) in [4.78, 5) is 1.93. The van der Waals surface area contributed by atoms with Crippen molar-refractivity contribution >= 4 is 15.5 Å². The summed E-state index contributed by atoms with van der Waals surface area (Å²) in [7, 11) is -0.979. The van der Waals surface area contributed by atoms with Gasteiger partial charge >= 0.3 is 0 Å². The molecule has 0 saturated carbocycles. The van der Waals surface area contributed by atoms with E-state index in [1.54, 1.807) is 0 Å². The fourth-order valence-corrected chi connectivity index (χ4v) is 1.72. The molecule has 0 aromatic heterocycles. The third kappa shape index (κ3) is 3.79. The second kappa shape index (κ2) is 4.46. The maximum absolute atomic E-state index is 10.9. The van der Waals surface area contributed by atoms with Crippen LogP contribution in [0.4, 0.5) is 5.69 Å². The van der Waals surface area contributed by atoms with Crippen LogP contribution in [0.5, 0.6) is 0 Å². The molecule has 0 aliphatic carbocycles. The summed E-state index contributed by atoms with van der Waals surface area (Å²) in [5.41, 5.74) is 1.04. The molecular weight excluding hydrogens is 198 g/mol. The highest BCUT2D eigenvalue weighted by atomic mass is 32.2. The van der Waals surface area contributed by atoms with E-state index in [-0.39, 0.29) is 5.75 Å². The van der Waals surface area contributed by atoms with Gasteiger partial charge in [0.1, 0.15) is 9.84 Å². The lowest BCUT2D eigenvalue weighted by Crippen LogP contribution is -2.24. The van der Waals surface area contributed by atoms with Crippen LogP contribution in [0.2, 0.25) is 0 Å². The van der Waals surface area contributed by atoms with E-state index >= 15 is 0 Å². The summed E-state index contributed by atoms with van der Waals surface area (Å²) in [6.07, 6.45) is 1.26. The van der Waals surface area contributed by atoms with E-state index in [2.05, 4.69) is 0 Å². The molecule has 4 heteroatoms. The normalized spacial score (nSPS) is 11.3. The Morgan fingerprint density at radius 2 is 1.79 bits per heavy atom. The molecule has 14 heavy (non-hydrogen) atoms. The number of nitrogens with zero attached hydrogens (tertiary/aromatic N) is 1. The number of sulfone groups is 1. The van der Waals surface area contributed by atoms with E-state index in [9.17, 15) is 8.42 Å². The van der Waals surface area contributed by atoms with Crippen LogP contribution in [0, 0.1) is 0 Å². The highest BCUT2D eigenvalue weighted by Gasteiger charge is 2.05. The molecule has 0 radical (unpaired) electrons. The smallest absolute Gasteiger partial charge is 0.149 e. The first kappa shape index (κ1) is 11.0. The zero-order chi connectivity index (χ0) is 10.6. The van der Waals surface area contributed by atoms with E-state index in [4.69, 9.17) is 0 Å². The Bertz CT molecular complexity index is 372. The van der Waals surface area contributed by atoms with E-state index in [0.29, 0.717) is 6.54 Å². The average Bonchev–Trinajstić information content (AvgIpc) is 2.14. The molecule has 0 saturated heterocycles. The number of hydrogen-bond acceptors (Lipinski definition) is 3. The molecule has 1 rings (SSSR count). The van der Waals surface area contributed by atoms with Gasteiger partial charge in [0.2, 0.25) is 0 Å². The Morgan fingerprint density at radius 1 is 1.21 bits per heavy atom. The summed E-state index contributed by atoms with van der Waals surface area (Å²) in [6, 6.07) is 9.73. The molecule has 1 aromatic rings. The molecule has 0 amide bonds. The van der Waals surface area contributed by atoms with Gasteiger partial charge in [0.25, 0.3) is 0 Å². The van der Waals surface area contributed by atoms with Crippen LogP contribution < -0.4 is 4.90 Å². The molecule has 0 unspecified atom stereocenters. The van der Waals surface area contributed by atoms with E-state index < -0.39 is 9.84 Å². The number of anilines is 1. The minimum absolute atomic E-state index is 0.193. The lowest BCUT2D eigenvalue weighted by atomic mass is 10.3. The Balaban J connectivity index is 2.56. The molecule has 0 N–H and O–H groups in total. The monoisotopic (exact) mass is 213 g/mol. The fourth-order valence-electron chi connectivity index (χ4n) is 1.11. The lowest BCUT2D eigenvalue weighted by Gasteiger charge is -2.18. The van der Waals surface area contributed by atoms with Gasteiger partial charge in [0, 0.05) is 25.5 Å². The van der Waals surface area contributed by atoms with Crippen LogP contribution in [0.15, 0.2) is 30.3 Å². The highest BCUT2D eigenvalue weighted by Crippen LogP contribution is 2.10. The van der Waals surface area contributed by atoms with E-state index in [1.807, 2.05) is 42.3 Å². The van der Waals surface area contributed by atoms with Crippen molar-refractivity contribution in [3.8, 4) is 0 Å². The van der Waals surface area contributed by atoms with Crippen LogP contribution in [0.1, 0.15) is 0 Å². The molecule has 0 aliphatic rings. The molecular formula is C10H15NO2S. The molecule has 78 valence electrons. The van der Waals surface area contributed by atoms with Gasteiger partial charge in [-0.1, -0.05) is 18.2 Å². The van der Waals surface area contributed by atoms with Crippen molar-refractivity contribution in [2.24, 2.45) is 0 Å². The molecule has 0 fully saturated rings. The Kier molecular flexibility index (Phi) is 3.52. The first-order valence-corrected chi connectivity index (χ1v) is 6.49. The van der Waals surface area contributed by atoms with Crippen molar-refractivity contribution in [3.63, 3.8) is 0 Å².